The Labute approximate surface area is 120 Å². The van der Waals surface area contributed by atoms with E-state index in [1.54, 1.807) is 0 Å². The van der Waals surface area contributed by atoms with Gasteiger partial charge in [-0.2, -0.15) is 0 Å². The van der Waals surface area contributed by atoms with Crippen LogP contribution in [0.15, 0.2) is 48.7 Å². The lowest BCUT2D eigenvalue weighted by molar-refractivity contribution is 0.210. The highest BCUT2D eigenvalue weighted by Crippen LogP contribution is 2.25. The van der Waals surface area contributed by atoms with E-state index in [9.17, 15) is 0 Å². The minimum absolute atomic E-state index is 0.419. The van der Waals surface area contributed by atoms with Crippen LogP contribution in [-0.4, -0.2) is 11.1 Å². The average Bonchev–Trinajstić information content (AvgIpc) is 3.01. The van der Waals surface area contributed by atoms with Gasteiger partial charge in [0.25, 0.3) is 0 Å². The van der Waals surface area contributed by atoms with Gasteiger partial charge >= 0.3 is 0 Å². The van der Waals surface area contributed by atoms with Gasteiger partial charge in [-0.3, -0.25) is 4.98 Å². The van der Waals surface area contributed by atoms with Crippen LogP contribution in [-0.2, 0) is 6.54 Å². The maximum atomic E-state index is 5.95. The Morgan fingerprint density at radius 2 is 1.85 bits per heavy atom. The molecular weight excluding hydrogens is 248 g/mol. The molecule has 1 heterocycles. The van der Waals surface area contributed by atoms with Gasteiger partial charge in [-0.25, -0.2) is 0 Å². The van der Waals surface area contributed by atoms with Crippen LogP contribution in [0.5, 0.6) is 5.75 Å². The van der Waals surface area contributed by atoms with E-state index >= 15 is 0 Å². The lowest BCUT2D eigenvalue weighted by Crippen LogP contribution is -2.10. The van der Waals surface area contributed by atoms with Crippen LogP contribution in [0, 0.1) is 0 Å². The second-order valence-electron chi connectivity index (χ2n) is 5.22. The number of pyridine rings is 1. The van der Waals surface area contributed by atoms with Crippen LogP contribution in [0.2, 0.25) is 0 Å². The molecule has 2 aromatic rings. The Morgan fingerprint density at radius 3 is 2.55 bits per heavy atom. The van der Waals surface area contributed by atoms with Crippen LogP contribution >= 0.6 is 0 Å². The smallest absolute Gasteiger partial charge is 0.119 e. The quantitative estimate of drug-likeness (QED) is 0.889. The molecule has 0 aliphatic heterocycles. The molecule has 0 amide bonds. The van der Waals surface area contributed by atoms with E-state index in [1.165, 1.54) is 25.7 Å². The molecular formula is C17H20N2O. The molecule has 1 aromatic heterocycles. The number of hydrogen-bond donors (Lipinski definition) is 1. The van der Waals surface area contributed by atoms with Crippen molar-refractivity contribution in [3.8, 4) is 5.75 Å². The monoisotopic (exact) mass is 268 g/mol. The van der Waals surface area contributed by atoms with E-state index in [0.717, 1.165) is 23.7 Å². The van der Waals surface area contributed by atoms with Gasteiger partial charge in [0.15, 0.2) is 0 Å². The first-order chi connectivity index (χ1) is 9.90. The summed E-state index contributed by atoms with van der Waals surface area (Å²) in [5, 5.41) is 3.36. The molecule has 0 bridgehead atoms. The maximum Gasteiger partial charge on any atom is 0.119 e. The zero-order chi connectivity index (χ0) is 13.6. The van der Waals surface area contributed by atoms with Gasteiger partial charge in [-0.05, 0) is 62.1 Å². The fourth-order valence-corrected chi connectivity index (χ4v) is 2.55. The summed E-state index contributed by atoms with van der Waals surface area (Å²) in [5.74, 6) is 0.972. The van der Waals surface area contributed by atoms with Crippen LogP contribution in [0.1, 0.15) is 31.4 Å². The highest BCUT2D eigenvalue weighted by molar-refractivity contribution is 5.46. The van der Waals surface area contributed by atoms with E-state index in [-0.39, 0.29) is 0 Å². The van der Waals surface area contributed by atoms with Gasteiger partial charge in [0.05, 0.1) is 18.3 Å². The second kappa shape index (κ2) is 6.42. The molecule has 1 fully saturated rings. The number of aromatic nitrogens is 1. The maximum absolute atomic E-state index is 5.95. The second-order valence-corrected chi connectivity index (χ2v) is 5.22. The molecule has 1 aromatic carbocycles. The Morgan fingerprint density at radius 1 is 1.05 bits per heavy atom. The molecule has 20 heavy (non-hydrogen) atoms. The summed E-state index contributed by atoms with van der Waals surface area (Å²) in [6, 6.07) is 14.2. The zero-order valence-electron chi connectivity index (χ0n) is 11.6. The summed E-state index contributed by atoms with van der Waals surface area (Å²) < 4.78 is 5.95. The SMILES string of the molecule is c1ccc(CNc2ccc(OC3CCCC3)cc2)nc1. The number of hydrogen-bond acceptors (Lipinski definition) is 3. The largest absolute Gasteiger partial charge is 0.490 e. The highest BCUT2D eigenvalue weighted by Gasteiger charge is 2.16. The van der Waals surface area contributed by atoms with E-state index in [4.69, 9.17) is 4.74 Å². The first kappa shape index (κ1) is 13.0. The molecule has 0 unspecified atom stereocenters. The number of anilines is 1. The standard InChI is InChI=1S/C17H20N2O/c1-2-7-16(6-1)20-17-10-8-14(9-11-17)19-13-15-5-3-4-12-18-15/h3-5,8-12,16,19H,1-2,6-7,13H2. The molecule has 104 valence electrons. The topological polar surface area (TPSA) is 34.1 Å². The van der Waals surface area contributed by atoms with Gasteiger partial charge in [0, 0.05) is 11.9 Å². The summed E-state index contributed by atoms with van der Waals surface area (Å²) in [6.07, 6.45) is 7.22. The van der Waals surface area contributed by atoms with Gasteiger partial charge in [0.2, 0.25) is 0 Å². The predicted molar refractivity (Wildman–Crippen MR) is 80.9 cm³/mol. The number of benzene rings is 1. The Balaban J connectivity index is 1.53. The summed E-state index contributed by atoms with van der Waals surface area (Å²) in [6.45, 7) is 0.740. The van der Waals surface area contributed by atoms with Gasteiger partial charge in [-0.1, -0.05) is 6.07 Å². The fourth-order valence-electron chi connectivity index (χ4n) is 2.55. The minimum atomic E-state index is 0.419. The van der Waals surface area contributed by atoms with Crippen molar-refractivity contribution in [2.45, 2.75) is 38.3 Å². The molecule has 1 aliphatic rings. The summed E-state index contributed by atoms with van der Waals surface area (Å²) in [5.41, 5.74) is 2.13. The first-order valence-electron chi connectivity index (χ1n) is 7.31. The zero-order valence-corrected chi connectivity index (χ0v) is 11.6. The van der Waals surface area contributed by atoms with Crippen molar-refractivity contribution in [3.05, 3.63) is 54.4 Å². The van der Waals surface area contributed by atoms with E-state index in [0.29, 0.717) is 6.10 Å². The molecule has 1 aliphatic carbocycles. The molecule has 0 radical (unpaired) electrons. The third kappa shape index (κ3) is 3.50. The molecule has 3 heteroatoms. The Bertz CT molecular complexity index is 518. The van der Waals surface area contributed by atoms with Crippen molar-refractivity contribution in [3.63, 3.8) is 0 Å². The average molecular weight is 268 g/mol. The van der Waals surface area contributed by atoms with Crippen molar-refractivity contribution in [1.82, 2.24) is 4.98 Å². The number of nitrogens with one attached hydrogen (secondary N) is 1. The summed E-state index contributed by atoms with van der Waals surface area (Å²) in [4.78, 5) is 4.29. The van der Waals surface area contributed by atoms with E-state index < -0.39 is 0 Å². The Kier molecular flexibility index (Phi) is 4.16. The Hall–Kier alpha value is -2.03. The number of nitrogens with zero attached hydrogens (tertiary/aromatic N) is 1. The van der Waals surface area contributed by atoms with Crippen LogP contribution < -0.4 is 10.1 Å². The van der Waals surface area contributed by atoms with Crippen LogP contribution in [0.25, 0.3) is 0 Å². The molecule has 3 rings (SSSR count). The number of rotatable bonds is 5. The van der Waals surface area contributed by atoms with E-state index in [1.807, 2.05) is 36.5 Å². The first-order valence-corrected chi connectivity index (χ1v) is 7.31. The van der Waals surface area contributed by atoms with Crippen LogP contribution in [0.4, 0.5) is 5.69 Å². The van der Waals surface area contributed by atoms with Gasteiger partial charge in [-0.15, -0.1) is 0 Å². The molecule has 1 N–H and O–H groups in total. The van der Waals surface area contributed by atoms with Crippen molar-refractivity contribution < 1.29 is 4.74 Å². The van der Waals surface area contributed by atoms with E-state index in [2.05, 4.69) is 22.4 Å². The summed E-state index contributed by atoms with van der Waals surface area (Å²) >= 11 is 0. The van der Waals surface area contributed by atoms with Crippen molar-refractivity contribution >= 4 is 5.69 Å². The predicted octanol–water partition coefficient (Wildman–Crippen LogP) is 4.02. The molecule has 1 saturated carbocycles. The van der Waals surface area contributed by atoms with Crippen LogP contribution in [0.3, 0.4) is 0 Å². The third-order valence-corrected chi connectivity index (χ3v) is 3.66. The molecule has 0 saturated heterocycles. The molecule has 0 atom stereocenters. The molecule has 3 nitrogen and oxygen atoms in total. The van der Waals surface area contributed by atoms with Gasteiger partial charge < -0.3 is 10.1 Å². The lowest BCUT2D eigenvalue weighted by Gasteiger charge is -2.13. The van der Waals surface area contributed by atoms with Crippen molar-refractivity contribution in [2.24, 2.45) is 0 Å². The third-order valence-electron chi connectivity index (χ3n) is 3.66. The molecule has 0 spiro atoms. The van der Waals surface area contributed by atoms with Gasteiger partial charge in [0.1, 0.15) is 5.75 Å². The highest BCUT2D eigenvalue weighted by atomic mass is 16.5. The van der Waals surface area contributed by atoms with Crippen molar-refractivity contribution in [1.29, 1.82) is 0 Å². The van der Waals surface area contributed by atoms with Crippen molar-refractivity contribution in [2.75, 3.05) is 5.32 Å². The fraction of sp³-hybridized carbons (Fsp3) is 0.353. The minimum Gasteiger partial charge on any atom is -0.490 e. The normalized spacial score (nSPS) is 15.2. The lowest BCUT2D eigenvalue weighted by atomic mass is 10.2. The number of ether oxygens (including phenoxy) is 1. The summed E-state index contributed by atoms with van der Waals surface area (Å²) in [7, 11) is 0.